The first-order valence-corrected chi connectivity index (χ1v) is 10.8. The van der Waals surface area contributed by atoms with Crippen molar-refractivity contribution in [2.24, 2.45) is 0 Å². The van der Waals surface area contributed by atoms with E-state index in [0.717, 1.165) is 11.3 Å². The molecule has 3 aromatic rings. The second-order valence-corrected chi connectivity index (χ2v) is 9.02. The number of nitrogens with zero attached hydrogens (tertiary/aromatic N) is 2. The van der Waals surface area contributed by atoms with Crippen LogP contribution in [0, 0.1) is 6.92 Å². The van der Waals surface area contributed by atoms with Crippen LogP contribution in [0.4, 0.5) is 5.69 Å². The van der Waals surface area contributed by atoms with Gasteiger partial charge in [0.25, 0.3) is 15.9 Å². The van der Waals surface area contributed by atoms with Gasteiger partial charge in [-0.1, -0.05) is 24.3 Å². The van der Waals surface area contributed by atoms with Crippen molar-refractivity contribution in [1.82, 2.24) is 4.90 Å². The quantitative estimate of drug-likeness (QED) is 0.644. The number of fused-ring (bicyclic) bond motifs is 1. The van der Waals surface area contributed by atoms with E-state index in [9.17, 15) is 13.2 Å². The van der Waals surface area contributed by atoms with Gasteiger partial charge >= 0.3 is 0 Å². The number of para-hydroxylation sites is 1. The molecule has 29 heavy (non-hydrogen) atoms. The molecule has 1 aliphatic rings. The van der Waals surface area contributed by atoms with Gasteiger partial charge in [-0.25, -0.2) is 8.42 Å². The summed E-state index contributed by atoms with van der Waals surface area (Å²) in [5.41, 5.74) is 2.04. The Hall–Kier alpha value is -3.06. The lowest BCUT2D eigenvalue weighted by Crippen LogP contribution is -2.30. The fourth-order valence-corrected chi connectivity index (χ4v) is 5.12. The number of benzene rings is 2. The highest BCUT2D eigenvalue weighted by Crippen LogP contribution is 2.32. The summed E-state index contributed by atoms with van der Waals surface area (Å²) < 4.78 is 33.4. The summed E-state index contributed by atoms with van der Waals surface area (Å²) in [6, 6.07) is 17.4. The van der Waals surface area contributed by atoms with Gasteiger partial charge in [-0.3, -0.25) is 9.10 Å². The Bertz CT molecular complexity index is 1170. The van der Waals surface area contributed by atoms with Crippen LogP contribution >= 0.6 is 0 Å². The van der Waals surface area contributed by atoms with Crippen LogP contribution in [-0.2, 0) is 23.0 Å². The second-order valence-electron chi connectivity index (χ2n) is 7.16. The molecule has 0 bridgehead atoms. The maximum atomic E-state index is 13.2. The summed E-state index contributed by atoms with van der Waals surface area (Å²) in [5, 5.41) is 0. The van der Waals surface area contributed by atoms with E-state index in [1.807, 2.05) is 43.3 Å². The summed E-state index contributed by atoms with van der Waals surface area (Å²) >= 11 is 0. The van der Waals surface area contributed by atoms with Gasteiger partial charge in [0.15, 0.2) is 0 Å². The predicted molar refractivity (Wildman–Crippen MR) is 110 cm³/mol. The monoisotopic (exact) mass is 410 g/mol. The molecular formula is C22H22N2O4S. The largest absolute Gasteiger partial charge is 0.464 e. The van der Waals surface area contributed by atoms with Crippen molar-refractivity contribution in [3.8, 4) is 0 Å². The molecule has 1 aromatic heterocycles. The lowest BCUT2D eigenvalue weighted by Gasteiger charge is -2.20. The van der Waals surface area contributed by atoms with Gasteiger partial charge < -0.3 is 9.32 Å². The molecule has 0 spiro atoms. The Kier molecular flexibility index (Phi) is 4.92. The normalized spacial score (nSPS) is 13.4. The molecule has 2 aromatic carbocycles. The number of furan rings is 1. The molecule has 0 saturated carbocycles. The third kappa shape index (κ3) is 3.65. The van der Waals surface area contributed by atoms with Gasteiger partial charge in [0.1, 0.15) is 11.5 Å². The zero-order chi connectivity index (χ0) is 20.6. The standard InChI is InChI=1S/C22H22N2O4S/c1-16-10-11-19(28-16)15-23(2)22(25)18-7-5-8-20(14-18)29(26,27)24-13-12-17-6-3-4-9-21(17)24/h3-11,14H,12-13,15H2,1-2H3. The van der Waals surface area contributed by atoms with Crippen molar-refractivity contribution in [2.75, 3.05) is 17.9 Å². The van der Waals surface area contributed by atoms with Crippen LogP contribution in [-0.4, -0.2) is 32.8 Å². The Labute approximate surface area is 170 Å². The fourth-order valence-electron chi connectivity index (χ4n) is 3.57. The zero-order valence-corrected chi connectivity index (χ0v) is 17.1. The number of sulfonamides is 1. The summed E-state index contributed by atoms with van der Waals surface area (Å²) in [6.07, 6.45) is 0.680. The number of carbonyl (C=O) groups is 1. The van der Waals surface area contributed by atoms with Crippen molar-refractivity contribution in [3.63, 3.8) is 0 Å². The first-order chi connectivity index (χ1) is 13.9. The average Bonchev–Trinajstić information content (AvgIpc) is 3.33. The summed E-state index contributed by atoms with van der Waals surface area (Å²) in [6.45, 7) is 2.55. The number of carbonyl (C=O) groups excluding carboxylic acids is 1. The molecule has 150 valence electrons. The van der Waals surface area contributed by atoms with Gasteiger partial charge in [-0.05, 0) is 55.3 Å². The SMILES string of the molecule is Cc1ccc(CN(C)C(=O)c2cccc(S(=O)(=O)N3CCc4ccccc43)c2)o1. The molecule has 4 rings (SSSR count). The van der Waals surface area contributed by atoms with Crippen molar-refractivity contribution < 1.29 is 17.6 Å². The van der Waals surface area contributed by atoms with Crippen LogP contribution in [0.15, 0.2) is 70.0 Å². The number of anilines is 1. The van der Waals surface area contributed by atoms with Crippen molar-refractivity contribution in [2.45, 2.75) is 24.8 Å². The molecule has 1 aliphatic heterocycles. The van der Waals surface area contributed by atoms with Gasteiger partial charge in [0.2, 0.25) is 0 Å². The smallest absolute Gasteiger partial charge is 0.264 e. The van der Waals surface area contributed by atoms with Crippen molar-refractivity contribution >= 4 is 21.6 Å². The minimum absolute atomic E-state index is 0.113. The summed E-state index contributed by atoms with van der Waals surface area (Å²) in [5.74, 6) is 1.19. The van der Waals surface area contributed by atoms with Crippen LogP contribution in [0.1, 0.15) is 27.4 Å². The molecule has 0 N–H and O–H groups in total. The van der Waals surface area contributed by atoms with E-state index in [1.165, 1.54) is 21.3 Å². The van der Waals surface area contributed by atoms with Crippen LogP contribution in [0.25, 0.3) is 0 Å². The highest BCUT2D eigenvalue weighted by Gasteiger charge is 2.31. The van der Waals surface area contributed by atoms with E-state index in [2.05, 4.69) is 0 Å². The molecule has 0 aliphatic carbocycles. The molecule has 0 fully saturated rings. The van der Waals surface area contributed by atoms with E-state index in [0.29, 0.717) is 36.5 Å². The molecule has 0 radical (unpaired) electrons. The molecule has 1 amide bonds. The van der Waals surface area contributed by atoms with E-state index >= 15 is 0 Å². The molecule has 7 heteroatoms. The van der Waals surface area contributed by atoms with E-state index in [-0.39, 0.29) is 10.8 Å². The lowest BCUT2D eigenvalue weighted by atomic mass is 10.2. The molecule has 6 nitrogen and oxygen atoms in total. The van der Waals surface area contributed by atoms with E-state index in [4.69, 9.17) is 4.42 Å². The fraction of sp³-hybridized carbons (Fsp3) is 0.227. The van der Waals surface area contributed by atoms with Gasteiger partial charge in [0, 0.05) is 19.2 Å². The summed E-state index contributed by atoms with van der Waals surface area (Å²) in [4.78, 5) is 14.5. The third-order valence-corrected chi connectivity index (χ3v) is 6.86. The third-order valence-electron chi connectivity index (χ3n) is 5.05. The number of hydrogen-bond acceptors (Lipinski definition) is 4. The van der Waals surface area contributed by atoms with Crippen LogP contribution in [0.5, 0.6) is 0 Å². The van der Waals surface area contributed by atoms with Crippen molar-refractivity contribution in [1.29, 1.82) is 0 Å². The van der Waals surface area contributed by atoms with Crippen molar-refractivity contribution in [3.05, 3.63) is 83.3 Å². The highest BCUT2D eigenvalue weighted by molar-refractivity contribution is 7.92. The Morgan fingerprint density at radius 2 is 1.90 bits per heavy atom. The topological polar surface area (TPSA) is 70.8 Å². The van der Waals surface area contributed by atoms with E-state index in [1.54, 1.807) is 19.2 Å². The molecule has 0 saturated heterocycles. The zero-order valence-electron chi connectivity index (χ0n) is 16.3. The number of hydrogen-bond donors (Lipinski definition) is 0. The Morgan fingerprint density at radius 3 is 2.66 bits per heavy atom. The maximum absolute atomic E-state index is 13.2. The van der Waals surface area contributed by atoms with Crippen LogP contribution in [0.3, 0.4) is 0 Å². The van der Waals surface area contributed by atoms with Gasteiger partial charge in [-0.2, -0.15) is 0 Å². The number of rotatable bonds is 5. The Balaban J connectivity index is 1.59. The number of aryl methyl sites for hydroxylation is 1. The first-order valence-electron chi connectivity index (χ1n) is 9.38. The minimum Gasteiger partial charge on any atom is -0.464 e. The molecule has 0 unspecified atom stereocenters. The molecule has 0 atom stereocenters. The first kappa shape index (κ1) is 19.3. The molecular weight excluding hydrogens is 388 g/mol. The van der Waals surface area contributed by atoms with Gasteiger partial charge in [0.05, 0.1) is 17.1 Å². The number of amides is 1. The summed E-state index contributed by atoms with van der Waals surface area (Å²) in [7, 11) is -2.08. The predicted octanol–water partition coefficient (Wildman–Crippen LogP) is 3.61. The Morgan fingerprint density at radius 1 is 1.10 bits per heavy atom. The van der Waals surface area contributed by atoms with Crippen LogP contribution < -0.4 is 4.31 Å². The van der Waals surface area contributed by atoms with E-state index < -0.39 is 10.0 Å². The lowest BCUT2D eigenvalue weighted by molar-refractivity contribution is 0.0774. The second kappa shape index (κ2) is 7.40. The average molecular weight is 410 g/mol. The van der Waals surface area contributed by atoms with Crippen LogP contribution in [0.2, 0.25) is 0 Å². The van der Waals surface area contributed by atoms with Gasteiger partial charge in [-0.15, -0.1) is 0 Å². The molecule has 2 heterocycles. The minimum atomic E-state index is -3.75. The highest BCUT2D eigenvalue weighted by atomic mass is 32.2. The maximum Gasteiger partial charge on any atom is 0.264 e.